The van der Waals surface area contributed by atoms with Crippen LogP contribution < -0.4 is 0 Å². The number of likely N-dealkylation sites (tertiary alicyclic amines) is 2. The zero-order chi connectivity index (χ0) is 20.4. The van der Waals surface area contributed by atoms with Gasteiger partial charge in [-0.05, 0) is 39.2 Å². The summed E-state index contributed by atoms with van der Waals surface area (Å²) in [6.07, 6.45) is 1.31. The quantitative estimate of drug-likeness (QED) is 0.744. The average molecular weight is 389 g/mol. The highest BCUT2D eigenvalue weighted by Gasteiger charge is 2.52. The molecular formula is C22H32N2O4. The van der Waals surface area contributed by atoms with Crippen LogP contribution in [0.15, 0.2) is 30.3 Å². The summed E-state index contributed by atoms with van der Waals surface area (Å²) in [4.78, 5) is 29.0. The van der Waals surface area contributed by atoms with Gasteiger partial charge in [-0.15, -0.1) is 0 Å². The molecule has 154 valence electrons. The van der Waals surface area contributed by atoms with Gasteiger partial charge in [-0.25, -0.2) is 4.79 Å². The minimum atomic E-state index is -0.499. The fourth-order valence-corrected chi connectivity index (χ4v) is 4.47. The van der Waals surface area contributed by atoms with E-state index in [-0.39, 0.29) is 23.4 Å². The monoisotopic (exact) mass is 388 g/mol. The van der Waals surface area contributed by atoms with Crippen LogP contribution in [0.2, 0.25) is 0 Å². The molecule has 6 nitrogen and oxygen atoms in total. The minimum absolute atomic E-state index is 0.138. The molecule has 0 bridgehead atoms. The number of methoxy groups -OCH3 is 1. The van der Waals surface area contributed by atoms with Crippen LogP contribution >= 0.6 is 0 Å². The summed E-state index contributed by atoms with van der Waals surface area (Å²) in [6.45, 7) is 9.24. The van der Waals surface area contributed by atoms with Crippen LogP contribution in [-0.4, -0.2) is 60.8 Å². The lowest BCUT2D eigenvalue weighted by Crippen LogP contribution is -2.49. The molecule has 2 aliphatic rings. The topological polar surface area (TPSA) is 59.1 Å². The zero-order valence-electron chi connectivity index (χ0n) is 17.4. The molecule has 1 spiro atoms. The Morgan fingerprint density at radius 2 is 1.79 bits per heavy atom. The number of carbonyl (C=O) groups excluding carboxylic acids is 2. The van der Waals surface area contributed by atoms with Gasteiger partial charge in [0.05, 0.1) is 13.0 Å². The molecular weight excluding hydrogens is 356 g/mol. The van der Waals surface area contributed by atoms with E-state index in [9.17, 15) is 9.59 Å². The van der Waals surface area contributed by atoms with Gasteiger partial charge in [-0.2, -0.15) is 0 Å². The number of ether oxygens (including phenoxy) is 2. The summed E-state index contributed by atoms with van der Waals surface area (Å²) in [7, 11) is 1.46. The maximum atomic E-state index is 12.5. The second-order valence-electron chi connectivity index (χ2n) is 9.06. The van der Waals surface area contributed by atoms with Gasteiger partial charge < -0.3 is 14.4 Å². The van der Waals surface area contributed by atoms with Crippen LogP contribution in [0.25, 0.3) is 0 Å². The van der Waals surface area contributed by atoms with Crippen molar-refractivity contribution in [3.05, 3.63) is 35.9 Å². The summed E-state index contributed by atoms with van der Waals surface area (Å²) in [5, 5.41) is 0. The molecule has 1 atom stereocenters. The number of esters is 1. The molecule has 1 aromatic carbocycles. The Bertz CT molecular complexity index is 690. The molecule has 0 unspecified atom stereocenters. The van der Waals surface area contributed by atoms with Gasteiger partial charge in [0, 0.05) is 38.1 Å². The molecule has 1 amide bonds. The van der Waals surface area contributed by atoms with Crippen molar-refractivity contribution in [2.75, 3.05) is 33.3 Å². The average Bonchev–Trinajstić information content (AvgIpc) is 2.98. The van der Waals surface area contributed by atoms with Crippen molar-refractivity contribution < 1.29 is 19.1 Å². The van der Waals surface area contributed by atoms with Gasteiger partial charge in [0.15, 0.2) is 0 Å². The number of amides is 1. The third-order valence-corrected chi connectivity index (χ3v) is 5.86. The molecule has 2 heterocycles. The standard InChI is InChI=1S/C22H32N2O4/c1-21(2,3)28-20(26)24-12-10-22(11-13-24)16-23(15-18(22)19(25)27-4)14-17-8-6-5-7-9-17/h5-9,18H,10-16H2,1-4H3/t18-/m1/s1. The molecule has 28 heavy (non-hydrogen) atoms. The number of carbonyl (C=O) groups is 2. The maximum Gasteiger partial charge on any atom is 0.410 e. The van der Waals surface area contributed by atoms with Crippen molar-refractivity contribution in [2.45, 2.75) is 45.8 Å². The molecule has 6 heteroatoms. The predicted octanol–water partition coefficient (Wildman–Crippen LogP) is 3.31. The van der Waals surface area contributed by atoms with E-state index in [2.05, 4.69) is 17.0 Å². The molecule has 1 aromatic rings. The van der Waals surface area contributed by atoms with Crippen molar-refractivity contribution in [2.24, 2.45) is 11.3 Å². The van der Waals surface area contributed by atoms with Crippen LogP contribution in [0.1, 0.15) is 39.2 Å². The van der Waals surface area contributed by atoms with E-state index in [0.29, 0.717) is 19.6 Å². The van der Waals surface area contributed by atoms with Crippen LogP contribution in [-0.2, 0) is 20.8 Å². The Labute approximate surface area is 167 Å². The Morgan fingerprint density at radius 3 is 2.36 bits per heavy atom. The van der Waals surface area contributed by atoms with Crippen molar-refractivity contribution in [1.82, 2.24) is 9.80 Å². The Morgan fingerprint density at radius 1 is 1.14 bits per heavy atom. The Kier molecular flexibility index (Phi) is 5.98. The fraction of sp³-hybridized carbons (Fsp3) is 0.636. The van der Waals surface area contributed by atoms with E-state index in [1.54, 1.807) is 4.90 Å². The van der Waals surface area contributed by atoms with Crippen LogP contribution in [0, 0.1) is 11.3 Å². The van der Waals surface area contributed by atoms with E-state index in [1.165, 1.54) is 12.7 Å². The van der Waals surface area contributed by atoms with E-state index in [1.807, 2.05) is 39.0 Å². The number of rotatable bonds is 3. The van der Waals surface area contributed by atoms with Crippen molar-refractivity contribution >= 4 is 12.1 Å². The number of benzene rings is 1. The van der Waals surface area contributed by atoms with Crippen molar-refractivity contribution in [1.29, 1.82) is 0 Å². The molecule has 2 saturated heterocycles. The third-order valence-electron chi connectivity index (χ3n) is 5.86. The lowest BCUT2D eigenvalue weighted by molar-refractivity contribution is -0.149. The smallest absolute Gasteiger partial charge is 0.410 e. The van der Waals surface area contributed by atoms with Crippen molar-refractivity contribution in [3.8, 4) is 0 Å². The second kappa shape index (κ2) is 8.11. The summed E-state index contributed by atoms with van der Waals surface area (Å²) >= 11 is 0. The molecule has 3 rings (SSSR count). The predicted molar refractivity (Wildman–Crippen MR) is 107 cm³/mol. The van der Waals surface area contributed by atoms with Crippen LogP contribution in [0.5, 0.6) is 0 Å². The van der Waals surface area contributed by atoms with Gasteiger partial charge in [0.25, 0.3) is 0 Å². The van der Waals surface area contributed by atoms with E-state index in [4.69, 9.17) is 9.47 Å². The highest BCUT2D eigenvalue weighted by molar-refractivity contribution is 5.74. The molecule has 0 aliphatic carbocycles. The van der Waals surface area contributed by atoms with Gasteiger partial charge in [-0.1, -0.05) is 30.3 Å². The van der Waals surface area contributed by atoms with Gasteiger partial charge in [-0.3, -0.25) is 9.69 Å². The Balaban J connectivity index is 1.68. The van der Waals surface area contributed by atoms with Crippen LogP contribution in [0.4, 0.5) is 4.79 Å². The van der Waals surface area contributed by atoms with Gasteiger partial charge >= 0.3 is 12.1 Å². The first-order chi connectivity index (χ1) is 13.2. The molecule has 2 fully saturated rings. The van der Waals surface area contributed by atoms with E-state index >= 15 is 0 Å². The molecule has 0 saturated carbocycles. The SMILES string of the molecule is COC(=O)[C@H]1CN(Cc2ccccc2)CC12CCN(C(=O)OC(C)(C)C)CC2. The number of hydrogen-bond donors (Lipinski definition) is 0. The normalized spacial score (nSPS) is 22.3. The lowest BCUT2D eigenvalue weighted by atomic mass is 9.71. The lowest BCUT2D eigenvalue weighted by Gasteiger charge is -2.41. The molecule has 0 N–H and O–H groups in total. The van der Waals surface area contributed by atoms with Crippen LogP contribution in [0.3, 0.4) is 0 Å². The summed E-state index contributed by atoms with van der Waals surface area (Å²) in [5.41, 5.74) is 0.607. The number of nitrogens with zero attached hydrogens (tertiary/aromatic N) is 2. The maximum absolute atomic E-state index is 12.5. The highest BCUT2D eigenvalue weighted by Crippen LogP contribution is 2.45. The minimum Gasteiger partial charge on any atom is -0.469 e. The summed E-state index contributed by atoms with van der Waals surface area (Å²) in [5.74, 6) is -0.289. The number of hydrogen-bond acceptors (Lipinski definition) is 5. The first kappa shape index (κ1) is 20.6. The second-order valence-corrected chi connectivity index (χ2v) is 9.06. The number of piperidine rings is 1. The summed E-state index contributed by atoms with van der Waals surface area (Å²) in [6, 6.07) is 10.3. The van der Waals surface area contributed by atoms with E-state index in [0.717, 1.165) is 25.9 Å². The van der Waals surface area contributed by atoms with Gasteiger partial charge in [0.1, 0.15) is 5.60 Å². The molecule has 0 aromatic heterocycles. The largest absolute Gasteiger partial charge is 0.469 e. The highest BCUT2D eigenvalue weighted by atomic mass is 16.6. The summed E-state index contributed by atoms with van der Waals surface area (Å²) < 4.78 is 10.6. The Hall–Kier alpha value is -2.08. The van der Waals surface area contributed by atoms with E-state index < -0.39 is 5.60 Å². The molecule has 2 aliphatic heterocycles. The van der Waals surface area contributed by atoms with Gasteiger partial charge in [0.2, 0.25) is 0 Å². The first-order valence-corrected chi connectivity index (χ1v) is 10.0. The molecule has 0 radical (unpaired) electrons. The van der Waals surface area contributed by atoms with Crippen molar-refractivity contribution in [3.63, 3.8) is 0 Å². The first-order valence-electron chi connectivity index (χ1n) is 10.0. The zero-order valence-corrected chi connectivity index (χ0v) is 17.4. The fourth-order valence-electron chi connectivity index (χ4n) is 4.47. The third kappa shape index (κ3) is 4.66.